The second-order valence-corrected chi connectivity index (χ2v) is 6.39. The second-order valence-electron chi connectivity index (χ2n) is 6.39. The molecule has 2 amide bonds. The van der Waals surface area contributed by atoms with Gasteiger partial charge in [-0.25, -0.2) is 4.98 Å². The lowest BCUT2D eigenvalue weighted by Gasteiger charge is -2.22. The van der Waals surface area contributed by atoms with Crippen LogP contribution in [0, 0.1) is 0 Å². The number of benzene rings is 1. The van der Waals surface area contributed by atoms with Crippen LogP contribution in [-0.4, -0.2) is 28.9 Å². The number of hydrogen-bond donors (Lipinski definition) is 1. The number of amides is 2. The fraction of sp³-hybridized carbons (Fsp3) is 0.316. The normalized spacial score (nSPS) is 16.2. The third kappa shape index (κ3) is 3.02. The molecule has 0 aliphatic carbocycles. The van der Waals surface area contributed by atoms with E-state index in [1.165, 1.54) is 0 Å². The largest absolute Gasteiger partial charge is 0.349 e. The summed E-state index contributed by atoms with van der Waals surface area (Å²) in [5, 5.41) is 2.79. The van der Waals surface area contributed by atoms with Gasteiger partial charge in [0.25, 0.3) is 11.8 Å². The Morgan fingerprint density at radius 2 is 1.83 bits per heavy atom. The van der Waals surface area contributed by atoms with Gasteiger partial charge in [-0.1, -0.05) is 24.3 Å². The molecule has 5 nitrogen and oxygen atoms in total. The average molecular weight is 323 g/mol. The van der Waals surface area contributed by atoms with Crippen molar-refractivity contribution in [3.63, 3.8) is 0 Å². The van der Waals surface area contributed by atoms with Gasteiger partial charge in [0.15, 0.2) is 0 Å². The van der Waals surface area contributed by atoms with E-state index in [-0.39, 0.29) is 35.3 Å². The molecule has 0 bridgehead atoms. The minimum atomic E-state index is -0.269. The maximum atomic E-state index is 12.9. The minimum Gasteiger partial charge on any atom is -0.349 e. The number of carbonyl (C=O) groups is 2. The van der Waals surface area contributed by atoms with E-state index in [4.69, 9.17) is 0 Å². The van der Waals surface area contributed by atoms with Gasteiger partial charge >= 0.3 is 0 Å². The number of para-hydroxylation sites is 1. The van der Waals surface area contributed by atoms with Gasteiger partial charge in [-0.3, -0.25) is 9.59 Å². The molecule has 24 heavy (non-hydrogen) atoms. The van der Waals surface area contributed by atoms with Crippen LogP contribution in [0.5, 0.6) is 0 Å². The van der Waals surface area contributed by atoms with Crippen molar-refractivity contribution < 1.29 is 9.59 Å². The molecular weight excluding hydrogens is 302 g/mol. The van der Waals surface area contributed by atoms with Crippen molar-refractivity contribution in [1.82, 2.24) is 10.3 Å². The predicted octanol–water partition coefficient (Wildman–Crippen LogP) is 2.81. The summed E-state index contributed by atoms with van der Waals surface area (Å²) in [5.74, 6) is -0.443. The van der Waals surface area contributed by atoms with Gasteiger partial charge in [0, 0.05) is 17.8 Å². The fourth-order valence-electron chi connectivity index (χ4n) is 3.01. The van der Waals surface area contributed by atoms with Gasteiger partial charge in [-0.05, 0) is 51.0 Å². The molecule has 1 atom stereocenters. The molecule has 3 rings (SSSR count). The summed E-state index contributed by atoms with van der Waals surface area (Å²) in [4.78, 5) is 31.1. The lowest BCUT2D eigenvalue weighted by Crippen LogP contribution is -2.37. The number of hydrogen-bond acceptors (Lipinski definition) is 3. The van der Waals surface area contributed by atoms with Crippen LogP contribution in [0.25, 0.3) is 0 Å². The van der Waals surface area contributed by atoms with Crippen LogP contribution in [0.3, 0.4) is 0 Å². The van der Waals surface area contributed by atoms with Crippen LogP contribution in [0.2, 0.25) is 0 Å². The van der Waals surface area contributed by atoms with Gasteiger partial charge < -0.3 is 10.2 Å². The van der Waals surface area contributed by atoms with E-state index in [9.17, 15) is 9.59 Å². The van der Waals surface area contributed by atoms with E-state index in [2.05, 4.69) is 10.3 Å². The molecule has 1 aliphatic heterocycles. The van der Waals surface area contributed by atoms with Crippen molar-refractivity contribution in [1.29, 1.82) is 0 Å². The minimum absolute atomic E-state index is 0.0177. The van der Waals surface area contributed by atoms with Gasteiger partial charge in [-0.15, -0.1) is 0 Å². The lowest BCUT2D eigenvalue weighted by atomic mass is 10.1. The van der Waals surface area contributed by atoms with Crippen molar-refractivity contribution in [3.8, 4) is 0 Å². The number of nitrogens with zero attached hydrogens (tertiary/aromatic N) is 2. The van der Waals surface area contributed by atoms with Gasteiger partial charge in [0.1, 0.15) is 11.4 Å². The van der Waals surface area contributed by atoms with Gasteiger partial charge in [0.2, 0.25) is 0 Å². The highest BCUT2D eigenvalue weighted by molar-refractivity contribution is 6.07. The molecule has 0 fully saturated rings. The summed E-state index contributed by atoms with van der Waals surface area (Å²) in [6.45, 7) is 5.79. The molecule has 1 unspecified atom stereocenters. The summed E-state index contributed by atoms with van der Waals surface area (Å²) in [5.41, 5.74) is 2.63. The highest BCUT2D eigenvalue weighted by atomic mass is 16.2. The number of aromatic nitrogens is 1. The zero-order valence-electron chi connectivity index (χ0n) is 14.1. The SMILES string of the molecule is CC(C)NC(=O)c1cccc(C(=O)N2c3ccccc3CC2C)n1. The second kappa shape index (κ2) is 6.43. The maximum absolute atomic E-state index is 12.9. The summed E-state index contributed by atoms with van der Waals surface area (Å²) < 4.78 is 0. The quantitative estimate of drug-likeness (QED) is 0.945. The van der Waals surface area contributed by atoms with E-state index in [1.807, 2.05) is 45.0 Å². The van der Waals surface area contributed by atoms with E-state index in [1.54, 1.807) is 23.1 Å². The third-order valence-corrected chi connectivity index (χ3v) is 4.05. The van der Waals surface area contributed by atoms with Crippen molar-refractivity contribution >= 4 is 17.5 Å². The van der Waals surface area contributed by atoms with Crippen LogP contribution in [0.15, 0.2) is 42.5 Å². The number of anilines is 1. The Morgan fingerprint density at radius 3 is 2.58 bits per heavy atom. The highest BCUT2D eigenvalue weighted by Gasteiger charge is 2.32. The molecule has 0 spiro atoms. The Balaban J connectivity index is 1.90. The summed E-state index contributed by atoms with van der Waals surface area (Å²) in [6, 6.07) is 13.0. The molecule has 2 aromatic rings. The fourth-order valence-corrected chi connectivity index (χ4v) is 3.01. The van der Waals surface area contributed by atoms with Crippen molar-refractivity contribution in [3.05, 3.63) is 59.4 Å². The Hall–Kier alpha value is -2.69. The molecular formula is C19H21N3O2. The van der Waals surface area contributed by atoms with E-state index >= 15 is 0 Å². The summed E-state index contributed by atoms with van der Waals surface area (Å²) >= 11 is 0. The first-order valence-electron chi connectivity index (χ1n) is 8.16. The van der Waals surface area contributed by atoms with E-state index < -0.39 is 0 Å². The Morgan fingerprint density at radius 1 is 1.12 bits per heavy atom. The predicted molar refractivity (Wildman–Crippen MR) is 93.3 cm³/mol. The van der Waals surface area contributed by atoms with Gasteiger partial charge in [0.05, 0.1) is 0 Å². The summed E-state index contributed by atoms with van der Waals surface area (Å²) in [6.07, 6.45) is 0.829. The zero-order chi connectivity index (χ0) is 17.3. The van der Waals surface area contributed by atoms with Crippen LogP contribution < -0.4 is 10.2 Å². The first-order valence-corrected chi connectivity index (χ1v) is 8.16. The number of carbonyl (C=O) groups excluding carboxylic acids is 2. The smallest absolute Gasteiger partial charge is 0.277 e. The summed E-state index contributed by atoms with van der Waals surface area (Å²) in [7, 11) is 0. The molecule has 0 saturated heterocycles. The Kier molecular flexibility index (Phi) is 4.34. The first kappa shape index (κ1) is 16.2. The topological polar surface area (TPSA) is 62.3 Å². The molecule has 1 aromatic carbocycles. The number of nitrogens with one attached hydrogen (secondary N) is 1. The van der Waals surface area contributed by atoms with Crippen LogP contribution >= 0.6 is 0 Å². The van der Waals surface area contributed by atoms with Crippen LogP contribution in [0.1, 0.15) is 47.3 Å². The molecule has 1 aromatic heterocycles. The van der Waals surface area contributed by atoms with E-state index in [0.717, 1.165) is 17.7 Å². The lowest BCUT2D eigenvalue weighted by molar-refractivity contribution is 0.0937. The highest BCUT2D eigenvalue weighted by Crippen LogP contribution is 2.32. The third-order valence-electron chi connectivity index (χ3n) is 4.05. The maximum Gasteiger partial charge on any atom is 0.277 e. The van der Waals surface area contributed by atoms with Crippen LogP contribution in [-0.2, 0) is 6.42 Å². The molecule has 1 N–H and O–H groups in total. The molecule has 0 radical (unpaired) electrons. The Bertz CT molecular complexity index is 786. The van der Waals surface area contributed by atoms with Crippen molar-refractivity contribution in [2.45, 2.75) is 39.3 Å². The van der Waals surface area contributed by atoms with Crippen LogP contribution in [0.4, 0.5) is 5.69 Å². The average Bonchev–Trinajstić information content (AvgIpc) is 2.89. The number of pyridine rings is 1. The van der Waals surface area contributed by atoms with Crippen molar-refractivity contribution in [2.24, 2.45) is 0 Å². The van der Waals surface area contributed by atoms with Gasteiger partial charge in [-0.2, -0.15) is 0 Å². The molecule has 124 valence electrons. The molecule has 0 saturated carbocycles. The van der Waals surface area contributed by atoms with E-state index in [0.29, 0.717) is 0 Å². The molecule has 1 aliphatic rings. The van der Waals surface area contributed by atoms with Crippen molar-refractivity contribution in [2.75, 3.05) is 4.90 Å². The Labute approximate surface area is 141 Å². The molecule has 5 heteroatoms. The standard InChI is InChI=1S/C19H21N3O2/c1-12(2)20-18(23)15-8-6-9-16(21-15)19(24)22-13(3)11-14-7-4-5-10-17(14)22/h4-10,12-13H,11H2,1-3H3,(H,20,23). The number of fused-ring (bicyclic) bond motifs is 1. The molecule has 2 heterocycles. The zero-order valence-corrected chi connectivity index (χ0v) is 14.1. The number of rotatable bonds is 3. The first-order chi connectivity index (χ1) is 11.5. The monoisotopic (exact) mass is 323 g/mol.